The van der Waals surface area contributed by atoms with Gasteiger partial charge < -0.3 is 25.5 Å². The molecule has 2 amide bonds. The molecule has 0 spiro atoms. The highest BCUT2D eigenvalue weighted by Crippen LogP contribution is 2.10. The number of hydrogen-bond donors (Lipinski definition) is 4. The van der Waals surface area contributed by atoms with Crippen LogP contribution in [0.2, 0.25) is 0 Å². The third-order valence-electron chi connectivity index (χ3n) is 3.53. The van der Waals surface area contributed by atoms with Gasteiger partial charge in [-0.05, 0) is 17.5 Å². The highest BCUT2D eigenvalue weighted by Gasteiger charge is 2.27. The summed E-state index contributed by atoms with van der Waals surface area (Å²) in [5, 5.41) is 29.9. The van der Waals surface area contributed by atoms with Gasteiger partial charge >= 0.3 is 18.0 Å². The van der Waals surface area contributed by atoms with E-state index in [1.807, 2.05) is 0 Å². The van der Waals surface area contributed by atoms with Gasteiger partial charge in [-0.25, -0.2) is 18.8 Å². The fourth-order valence-corrected chi connectivity index (χ4v) is 2.29. The Balaban J connectivity index is 2.89. The van der Waals surface area contributed by atoms with E-state index in [0.717, 1.165) is 4.90 Å². The zero-order chi connectivity index (χ0) is 19.9. The number of aliphatic carboxylic acids is 2. The minimum Gasteiger partial charge on any atom is -0.480 e. The number of nitrogens with one attached hydrogen (secondary N) is 1. The summed E-state index contributed by atoms with van der Waals surface area (Å²) in [6, 6.07) is 3.36. The van der Waals surface area contributed by atoms with Crippen molar-refractivity contribution in [2.24, 2.45) is 5.92 Å². The van der Waals surface area contributed by atoms with E-state index in [0.29, 0.717) is 0 Å². The highest BCUT2D eigenvalue weighted by molar-refractivity contribution is 5.83. The predicted octanol–water partition coefficient (Wildman–Crippen LogP) is 0.935. The van der Waals surface area contributed by atoms with Crippen molar-refractivity contribution in [2.45, 2.75) is 32.4 Å². The van der Waals surface area contributed by atoms with E-state index in [1.54, 1.807) is 19.9 Å². The average molecular weight is 370 g/mol. The number of benzene rings is 1. The molecule has 1 aromatic rings. The number of rotatable bonds is 9. The molecule has 1 rings (SSSR count). The van der Waals surface area contributed by atoms with Gasteiger partial charge in [0.15, 0.2) is 6.10 Å². The first-order chi connectivity index (χ1) is 12.1. The molecule has 0 bridgehead atoms. The molecule has 0 aliphatic rings. The number of aliphatic hydroxyl groups excluding tert-OH is 1. The van der Waals surface area contributed by atoms with Crippen LogP contribution in [0.1, 0.15) is 19.4 Å². The predicted molar refractivity (Wildman–Crippen MR) is 90.1 cm³/mol. The summed E-state index contributed by atoms with van der Waals surface area (Å²) in [6.07, 6.45) is -2.07. The number of amides is 2. The van der Waals surface area contributed by atoms with E-state index < -0.39 is 42.5 Å². The van der Waals surface area contributed by atoms with Crippen LogP contribution in [0.15, 0.2) is 24.3 Å². The molecule has 2 atom stereocenters. The van der Waals surface area contributed by atoms with E-state index in [1.165, 1.54) is 18.2 Å². The van der Waals surface area contributed by atoms with Gasteiger partial charge in [0.05, 0.1) is 6.54 Å². The number of carboxylic acid groups (broad SMARTS) is 2. The molecule has 0 saturated heterocycles. The Kier molecular flexibility index (Phi) is 7.98. The number of nitrogens with zero attached hydrogens (tertiary/aromatic N) is 1. The molecular weight excluding hydrogens is 347 g/mol. The molecule has 0 aromatic heterocycles. The molecule has 0 unspecified atom stereocenters. The number of urea groups is 1. The molecule has 0 aliphatic heterocycles. The average Bonchev–Trinajstić information content (AvgIpc) is 2.54. The lowest BCUT2D eigenvalue weighted by atomic mass is 10.1. The van der Waals surface area contributed by atoms with Crippen molar-refractivity contribution in [1.82, 2.24) is 10.2 Å². The molecule has 144 valence electrons. The van der Waals surface area contributed by atoms with Crippen LogP contribution in [0.3, 0.4) is 0 Å². The summed E-state index contributed by atoms with van der Waals surface area (Å²) in [7, 11) is 0. The molecule has 8 nitrogen and oxygen atoms in total. The van der Waals surface area contributed by atoms with Crippen molar-refractivity contribution in [3.63, 3.8) is 0 Å². The molecule has 0 heterocycles. The summed E-state index contributed by atoms with van der Waals surface area (Å²) in [5.74, 6) is -3.48. The first-order valence-electron chi connectivity index (χ1n) is 8.04. The number of hydrogen-bond acceptors (Lipinski definition) is 4. The minimum atomic E-state index is -1.80. The van der Waals surface area contributed by atoms with Crippen molar-refractivity contribution < 1.29 is 34.1 Å². The summed E-state index contributed by atoms with van der Waals surface area (Å²) in [5.41, 5.74) is 0.126. The second-order valence-electron chi connectivity index (χ2n) is 6.29. The van der Waals surface area contributed by atoms with Gasteiger partial charge in [-0.3, -0.25) is 0 Å². The van der Waals surface area contributed by atoms with Gasteiger partial charge in [0.25, 0.3) is 0 Å². The van der Waals surface area contributed by atoms with Crippen LogP contribution in [0.5, 0.6) is 0 Å². The number of halogens is 1. The molecule has 4 N–H and O–H groups in total. The monoisotopic (exact) mass is 370 g/mol. The second-order valence-corrected chi connectivity index (χ2v) is 6.29. The summed E-state index contributed by atoms with van der Waals surface area (Å²) < 4.78 is 13.7. The first kappa shape index (κ1) is 21.4. The van der Waals surface area contributed by atoms with E-state index in [9.17, 15) is 29.0 Å². The minimum absolute atomic E-state index is 0.0448. The van der Waals surface area contributed by atoms with E-state index in [2.05, 4.69) is 5.32 Å². The lowest BCUT2D eigenvalue weighted by Crippen LogP contribution is -2.52. The van der Waals surface area contributed by atoms with Crippen LogP contribution in [0.4, 0.5) is 9.18 Å². The Labute approximate surface area is 150 Å². The molecule has 0 fully saturated rings. The van der Waals surface area contributed by atoms with E-state index in [4.69, 9.17) is 5.11 Å². The number of carbonyl (C=O) groups excluding carboxylic acids is 1. The van der Waals surface area contributed by atoms with Gasteiger partial charge in [0.2, 0.25) is 0 Å². The lowest BCUT2D eigenvalue weighted by molar-refractivity contribution is -0.147. The first-order valence-corrected chi connectivity index (χ1v) is 8.04. The van der Waals surface area contributed by atoms with Crippen LogP contribution in [-0.4, -0.2) is 63.4 Å². The molecular formula is C17H23FN2O6. The molecule has 0 aliphatic carbocycles. The zero-order valence-electron chi connectivity index (χ0n) is 14.6. The fourth-order valence-electron chi connectivity index (χ4n) is 2.29. The smallest absolute Gasteiger partial charge is 0.334 e. The Morgan fingerprint density at radius 2 is 1.73 bits per heavy atom. The number of carbonyl (C=O) groups is 3. The summed E-state index contributed by atoms with van der Waals surface area (Å²) in [6.45, 7) is 3.18. The topological polar surface area (TPSA) is 127 Å². The highest BCUT2D eigenvalue weighted by atomic mass is 19.1. The maximum atomic E-state index is 13.7. The van der Waals surface area contributed by atoms with Crippen molar-refractivity contribution in [3.8, 4) is 0 Å². The Morgan fingerprint density at radius 1 is 1.12 bits per heavy atom. The zero-order valence-corrected chi connectivity index (χ0v) is 14.6. The Hall–Kier alpha value is -2.68. The van der Waals surface area contributed by atoms with E-state index >= 15 is 0 Å². The lowest BCUT2D eigenvalue weighted by Gasteiger charge is -2.27. The van der Waals surface area contributed by atoms with Crippen LogP contribution in [0, 0.1) is 11.7 Å². The molecule has 9 heteroatoms. The fraction of sp³-hybridized carbons (Fsp3) is 0.471. The standard InChI is InChI=1S/C17H23FN2O6/c1-10(2)8-20(9-14(21)16(24)25)17(26)19-13(15(22)23)7-11-5-3-4-6-12(11)18/h3-6,10,13-14,21H,7-9H2,1-2H3,(H,19,26)(H,22,23)(H,24,25)/t13-,14-/m0/s1. The maximum Gasteiger partial charge on any atom is 0.334 e. The van der Waals surface area contributed by atoms with Crippen LogP contribution in [-0.2, 0) is 16.0 Å². The molecule has 26 heavy (non-hydrogen) atoms. The maximum absolute atomic E-state index is 13.7. The van der Waals surface area contributed by atoms with Gasteiger partial charge in [-0.15, -0.1) is 0 Å². The molecule has 0 saturated carbocycles. The molecule has 1 aromatic carbocycles. The van der Waals surface area contributed by atoms with Gasteiger partial charge in [-0.1, -0.05) is 32.0 Å². The number of aliphatic hydroxyl groups is 1. The van der Waals surface area contributed by atoms with Gasteiger partial charge in [0.1, 0.15) is 11.9 Å². The summed E-state index contributed by atoms with van der Waals surface area (Å²) >= 11 is 0. The van der Waals surface area contributed by atoms with Gasteiger partial charge in [0, 0.05) is 13.0 Å². The number of carboxylic acids is 2. The third kappa shape index (κ3) is 6.67. The SMILES string of the molecule is CC(C)CN(C[C@H](O)C(=O)O)C(=O)N[C@@H](Cc1ccccc1F)C(=O)O. The second kappa shape index (κ2) is 9.71. The van der Waals surface area contributed by atoms with Crippen molar-refractivity contribution in [2.75, 3.05) is 13.1 Å². The quantitative estimate of drug-likeness (QED) is 0.512. The van der Waals surface area contributed by atoms with Crippen LogP contribution < -0.4 is 5.32 Å². The Bertz CT molecular complexity index is 652. The normalized spacial score (nSPS) is 13.1. The largest absolute Gasteiger partial charge is 0.480 e. The van der Waals surface area contributed by atoms with E-state index in [-0.39, 0.29) is 24.4 Å². The van der Waals surface area contributed by atoms with Crippen molar-refractivity contribution in [3.05, 3.63) is 35.6 Å². The van der Waals surface area contributed by atoms with Gasteiger partial charge in [-0.2, -0.15) is 0 Å². The van der Waals surface area contributed by atoms with Crippen molar-refractivity contribution >= 4 is 18.0 Å². The molecule has 0 radical (unpaired) electrons. The van der Waals surface area contributed by atoms with Crippen LogP contribution >= 0.6 is 0 Å². The van der Waals surface area contributed by atoms with Crippen LogP contribution in [0.25, 0.3) is 0 Å². The third-order valence-corrected chi connectivity index (χ3v) is 3.53. The van der Waals surface area contributed by atoms with Crippen molar-refractivity contribution in [1.29, 1.82) is 0 Å². The Morgan fingerprint density at radius 3 is 2.23 bits per heavy atom. The summed E-state index contributed by atoms with van der Waals surface area (Å²) in [4.78, 5) is 35.6.